The van der Waals surface area contributed by atoms with E-state index in [4.69, 9.17) is 16.3 Å². The van der Waals surface area contributed by atoms with E-state index < -0.39 is 42.7 Å². The van der Waals surface area contributed by atoms with Crippen LogP contribution in [0.25, 0.3) is 0 Å². The minimum Gasteiger partial charge on any atom is -0.494 e. The molecule has 0 bridgehead atoms. The number of carbonyl (C=O) groups excluding carboxylic acids is 1. The molecule has 7 heteroatoms. The Morgan fingerprint density at radius 2 is 1.73 bits per heavy atom. The molecule has 1 fully saturated rings. The van der Waals surface area contributed by atoms with Gasteiger partial charge in [-0.3, -0.25) is 0 Å². The molecule has 2 aromatic carbocycles. The number of ether oxygens (including phenoxy) is 1. The van der Waals surface area contributed by atoms with E-state index in [1.165, 1.54) is 0 Å². The van der Waals surface area contributed by atoms with E-state index >= 15 is 0 Å². The van der Waals surface area contributed by atoms with Crippen molar-refractivity contribution in [3.63, 3.8) is 0 Å². The molecule has 0 aliphatic heterocycles. The number of aliphatic hydroxyl groups is 4. The van der Waals surface area contributed by atoms with Gasteiger partial charge in [0.25, 0.3) is 0 Å². The molecule has 6 atom stereocenters. The lowest BCUT2D eigenvalue weighted by Gasteiger charge is -2.44. The van der Waals surface area contributed by atoms with Gasteiger partial charge in [-0.15, -0.1) is 0 Å². The molecule has 0 spiro atoms. The highest BCUT2D eigenvalue weighted by atomic mass is 35.5. The van der Waals surface area contributed by atoms with Crippen molar-refractivity contribution >= 4 is 17.9 Å². The lowest BCUT2D eigenvalue weighted by molar-refractivity contribution is -0.155. The van der Waals surface area contributed by atoms with Gasteiger partial charge in [-0.05, 0) is 48.2 Å². The SMILES string of the molecule is CCOc1ccc(Cc2cc([C@@H]3C(C=O)[C@H](CO)[C@@H](O)[C@H](O)[C@H]3O)ccc2Cl)cc1. The Balaban J connectivity index is 1.91. The molecule has 1 aliphatic carbocycles. The molecule has 6 nitrogen and oxygen atoms in total. The maximum atomic E-state index is 11.8. The third kappa shape index (κ3) is 4.53. The highest BCUT2D eigenvalue weighted by Crippen LogP contribution is 2.41. The van der Waals surface area contributed by atoms with Gasteiger partial charge in [-0.1, -0.05) is 35.9 Å². The first-order valence-electron chi connectivity index (χ1n) is 10.0. The standard InChI is InChI=1S/C23H27ClO6/c1-2-30-16-6-3-13(4-7-16)9-15-10-14(5-8-19(15)24)20-17(11-25)18(12-26)21(27)23(29)22(20)28/h3-8,10-11,17-18,20-23,26-29H,2,9,12H2,1H3/t17?,18-,20+,21+,22-,23-/m0/s1. The summed E-state index contributed by atoms with van der Waals surface area (Å²) in [4.78, 5) is 11.8. The summed E-state index contributed by atoms with van der Waals surface area (Å²) in [5.41, 5.74) is 2.43. The number of aliphatic hydroxyl groups excluding tert-OH is 4. The highest BCUT2D eigenvalue weighted by molar-refractivity contribution is 6.31. The molecule has 1 unspecified atom stereocenters. The van der Waals surface area contributed by atoms with E-state index in [-0.39, 0.29) is 0 Å². The second kappa shape index (κ2) is 9.90. The number of hydrogen-bond acceptors (Lipinski definition) is 6. The summed E-state index contributed by atoms with van der Waals surface area (Å²) >= 11 is 6.39. The Labute approximate surface area is 180 Å². The largest absolute Gasteiger partial charge is 0.494 e. The fraction of sp³-hybridized carbons (Fsp3) is 0.435. The van der Waals surface area contributed by atoms with Gasteiger partial charge in [-0.2, -0.15) is 0 Å². The van der Waals surface area contributed by atoms with Crippen LogP contribution in [0.3, 0.4) is 0 Å². The van der Waals surface area contributed by atoms with Gasteiger partial charge in [0.2, 0.25) is 0 Å². The van der Waals surface area contributed by atoms with Crippen molar-refractivity contribution in [2.75, 3.05) is 13.2 Å². The molecule has 0 aromatic heterocycles. The van der Waals surface area contributed by atoms with Crippen molar-refractivity contribution in [3.05, 3.63) is 64.2 Å². The minimum absolute atomic E-state index is 0.475. The smallest absolute Gasteiger partial charge is 0.124 e. The third-order valence-electron chi connectivity index (χ3n) is 5.87. The quantitative estimate of drug-likeness (QED) is 0.496. The summed E-state index contributed by atoms with van der Waals surface area (Å²) < 4.78 is 5.46. The van der Waals surface area contributed by atoms with Crippen LogP contribution in [0.5, 0.6) is 5.75 Å². The second-order valence-corrected chi connectivity index (χ2v) is 8.07. The summed E-state index contributed by atoms with van der Waals surface area (Å²) in [6.45, 7) is 2.03. The first kappa shape index (κ1) is 22.7. The summed E-state index contributed by atoms with van der Waals surface area (Å²) in [5.74, 6) is -1.70. The summed E-state index contributed by atoms with van der Waals surface area (Å²) in [6, 6.07) is 12.9. The van der Waals surface area contributed by atoms with Crippen molar-refractivity contribution in [1.82, 2.24) is 0 Å². The predicted octanol–water partition coefficient (Wildman–Crippen LogP) is 1.93. The third-order valence-corrected chi connectivity index (χ3v) is 6.24. The minimum atomic E-state index is -1.46. The van der Waals surface area contributed by atoms with Crippen LogP contribution in [0.1, 0.15) is 29.5 Å². The van der Waals surface area contributed by atoms with Crippen LogP contribution in [0.2, 0.25) is 5.02 Å². The van der Waals surface area contributed by atoms with Crippen LogP contribution in [0, 0.1) is 11.8 Å². The number of rotatable bonds is 7. The molecule has 0 radical (unpaired) electrons. The molecule has 4 N–H and O–H groups in total. The molecule has 1 aliphatic rings. The van der Waals surface area contributed by atoms with Crippen LogP contribution < -0.4 is 4.74 Å². The topological polar surface area (TPSA) is 107 Å². The molecule has 30 heavy (non-hydrogen) atoms. The Kier molecular flexibility index (Phi) is 7.50. The first-order valence-corrected chi connectivity index (χ1v) is 10.4. The number of aldehydes is 1. The van der Waals surface area contributed by atoms with Crippen LogP contribution in [0.4, 0.5) is 0 Å². The molecule has 0 saturated heterocycles. The van der Waals surface area contributed by atoms with Crippen molar-refractivity contribution in [3.8, 4) is 5.75 Å². The second-order valence-electron chi connectivity index (χ2n) is 7.66. The monoisotopic (exact) mass is 434 g/mol. The van der Waals surface area contributed by atoms with Gasteiger partial charge >= 0.3 is 0 Å². The van der Waals surface area contributed by atoms with Gasteiger partial charge < -0.3 is 30.0 Å². The summed E-state index contributed by atoms with van der Waals surface area (Å²) in [6.07, 6.45) is -3.04. The van der Waals surface area contributed by atoms with Gasteiger partial charge in [0.05, 0.1) is 18.8 Å². The maximum Gasteiger partial charge on any atom is 0.124 e. The van der Waals surface area contributed by atoms with E-state index in [1.54, 1.807) is 12.1 Å². The van der Waals surface area contributed by atoms with E-state index in [1.807, 2.05) is 37.3 Å². The van der Waals surface area contributed by atoms with Crippen LogP contribution in [-0.2, 0) is 11.2 Å². The van der Waals surface area contributed by atoms with E-state index in [0.717, 1.165) is 16.9 Å². The molecule has 2 aromatic rings. The molecule has 0 heterocycles. The average Bonchev–Trinajstić information content (AvgIpc) is 2.75. The number of halogens is 1. The molecular weight excluding hydrogens is 408 g/mol. The Morgan fingerprint density at radius 3 is 2.33 bits per heavy atom. The van der Waals surface area contributed by atoms with E-state index in [9.17, 15) is 25.2 Å². The average molecular weight is 435 g/mol. The van der Waals surface area contributed by atoms with Crippen LogP contribution in [0.15, 0.2) is 42.5 Å². The van der Waals surface area contributed by atoms with Crippen molar-refractivity contribution in [2.45, 2.75) is 37.6 Å². The number of hydrogen-bond donors (Lipinski definition) is 4. The Hall–Kier alpha value is -1.96. The van der Waals surface area contributed by atoms with Crippen LogP contribution >= 0.6 is 11.6 Å². The fourth-order valence-corrected chi connectivity index (χ4v) is 4.44. The fourth-order valence-electron chi connectivity index (χ4n) is 4.25. The molecule has 0 amide bonds. The van der Waals surface area contributed by atoms with Gasteiger partial charge in [0.15, 0.2) is 0 Å². The van der Waals surface area contributed by atoms with Gasteiger partial charge in [-0.25, -0.2) is 0 Å². The lowest BCUT2D eigenvalue weighted by Crippen LogP contribution is -2.56. The zero-order valence-electron chi connectivity index (χ0n) is 16.7. The normalized spacial score (nSPS) is 28.9. The van der Waals surface area contributed by atoms with Crippen molar-refractivity contribution < 1.29 is 30.0 Å². The summed E-state index contributed by atoms with van der Waals surface area (Å²) in [5, 5.41) is 41.2. The number of carbonyl (C=O) groups is 1. The predicted molar refractivity (Wildman–Crippen MR) is 113 cm³/mol. The van der Waals surface area contributed by atoms with E-state index in [2.05, 4.69) is 0 Å². The zero-order chi connectivity index (χ0) is 21.8. The van der Waals surface area contributed by atoms with Crippen molar-refractivity contribution in [2.24, 2.45) is 11.8 Å². The van der Waals surface area contributed by atoms with Gasteiger partial charge in [0, 0.05) is 29.4 Å². The Morgan fingerprint density at radius 1 is 1.03 bits per heavy atom. The number of benzene rings is 2. The zero-order valence-corrected chi connectivity index (χ0v) is 17.4. The van der Waals surface area contributed by atoms with E-state index in [0.29, 0.717) is 29.9 Å². The Bertz CT molecular complexity index is 855. The van der Waals surface area contributed by atoms with Crippen molar-refractivity contribution in [1.29, 1.82) is 0 Å². The molecule has 162 valence electrons. The maximum absolute atomic E-state index is 11.8. The van der Waals surface area contributed by atoms with Gasteiger partial charge in [0.1, 0.15) is 18.1 Å². The molecular formula is C23H27ClO6. The lowest BCUT2D eigenvalue weighted by atomic mass is 9.66. The highest BCUT2D eigenvalue weighted by Gasteiger charge is 2.49. The molecule has 1 saturated carbocycles. The first-order chi connectivity index (χ1) is 14.4. The van der Waals surface area contributed by atoms with Crippen LogP contribution in [-0.4, -0.2) is 58.2 Å². The summed E-state index contributed by atoms with van der Waals surface area (Å²) in [7, 11) is 0. The molecule has 3 rings (SSSR count).